The van der Waals surface area contributed by atoms with E-state index < -0.39 is 24.1 Å². The molecule has 0 aromatic heterocycles. The number of hydrogen-bond donors (Lipinski definition) is 2. The van der Waals surface area contributed by atoms with Gasteiger partial charge in [-0.2, -0.15) is 0 Å². The average molecular weight is 333 g/mol. The first-order valence-corrected chi connectivity index (χ1v) is 7.14. The summed E-state index contributed by atoms with van der Waals surface area (Å²) in [6.45, 7) is 6.43. The predicted molar refractivity (Wildman–Crippen MR) is 78.1 cm³/mol. The number of benzene rings is 1. The standard InChI is InChI=1S/C13H19BBrFO3/c1-12(2,17)13(3,4)19-14(18)10-7-5-6-9(8-15)11(10)16/h5-7,17-18H,8H2,1-4H3. The molecule has 0 spiro atoms. The Labute approximate surface area is 122 Å². The first-order valence-electron chi connectivity index (χ1n) is 6.01. The quantitative estimate of drug-likeness (QED) is 0.640. The van der Waals surface area contributed by atoms with Gasteiger partial charge in [-0.15, -0.1) is 0 Å². The minimum Gasteiger partial charge on any atom is -0.423 e. The van der Waals surface area contributed by atoms with E-state index in [0.717, 1.165) is 0 Å². The lowest BCUT2D eigenvalue weighted by Crippen LogP contribution is -2.53. The van der Waals surface area contributed by atoms with Crippen LogP contribution >= 0.6 is 15.9 Å². The first kappa shape index (κ1) is 16.6. The molecule has 0 amide bonds. The van der Waals surface area contributed by atoms with Crippen LogP contribution in [0.5, 0.6) is 0 Å². The van der Waals surface area contributed by atoms with Gasteiger partial charge in [-0.25, -0.2) is 4.39 Å². The third kappa shape index (κ3) is 3.78. The predicted octanol–water partition coefficient (Wildman–Crippen LogP) is 1.97. The molecule has 6 heteroatoms. The molecular weight excluding hydrogens is 314 g/mol. The molecule has 1 aromatic rings. The van der Waals surface area contributed by atoms with Gasteiger partial charge in [0.1, 0.15) is 5.82 Å². The van der Waals surface area contributed by atoms with Crippen LogP contribution in [0.1, 0.15) is 33.3 Å². The molecule has 0 fully saturated rings. The number of rotatable bonds is 5. The summed E-state index contributed by atoms with van der Waals surface area (Å²) in [6.07, 6.45) is 0. The van der Waals surface area contributed by atoms with E-state index in [1.807, 2.05) is 0 Å². The molecule has 0 saturated carbocycles. The molecule has 0 bridgehead atoms. The zero-order chi connectivity index (χ0) is 14.8. The summed E-state index contributed by atoms with van der Waals surface area (Å²) >= 11 is 3.18. The lowest BCUT2D eigenvalue weighted by molar-refractivity contribution is -0.0983. The monoisotopic (exact) mass is 332 g/mol. The summed E-state index contributed by atoms with van der Waals surface area (Å²) in [5, 5.41) is 20.4. The molecule has 0 aliphatic carbocycles. The third-order valence-corrected chi connectivity index (χ3v) is 4.00. The van der Waals surface area contributed by atoms with E-state index in [2.05, 4.69) is 15.9 Å². The van der Waals surface area contributed by atoms with Gasteiger partial charge in [0, 0.05) is 10.8 Å². The molecule has 0 aliphatic rings. The fourth-order valence-electron chi connectivity index (χ4n) is 1.38. The minimum atomic E-state index is -1.43. The number of alkyl halides is 1. The number of halogens is 2. The normalized spacial score (nSPS) is 12.6. The van der Waals surface area contributed by atoms with Crippen LogP contribution in [0.2, 0.25) is 0 Å². The molecule has 1 rings (SSSR count). The highest BCUT2D eigenvalue weighted by atomic mass is 79.9. The van der Waals surface area contributed by atoms with Crippen molar-refractivity contribution in [3.05, 3.63) is 29.6 Å². The molecule has 0 unspecified atom stereocenters. The van der Waals surface area contributed by atoms with Crippen molar-refractivity contribution in [2.75, 3.05) is 0 Å². The molecule has 0 heterocycles. The van der Waals surface area contributed by atoms with Crippen LogP contribution in [0.25, 0.3) is 0 Å². The summed E-state index contributed by atoms with van der Waals surface area (Å²) in [7, 11) is -1.43. The number of hydrogen-bond acceptors (Lipinski definition) is 3. The van der Waals surface area contributed by atoms with Crippen molar-refractivity contribution in [1.29, 1.82) is 0 Å². The fourth-order valence-corrected chi connectivity index (χ4v) is 1.81. The Balaban J connectivity index is 2.99. The Morgan fingerprint density at radius 3 is 2.37 bits per heavy atom. The Morgan fingerprint density at radius 1 is 1.32 bits per heavy atom. The third-order valence-electron chi connectivity index (χ3n) is 3.40. The molecule has 0 atom stereocenters. The van der Waals surface area contributed by atoms with Gasteiger partial charge in [0.15, 0.2) is 0 Å². The van der Waals surface area contributed by atoms with Gasteiger partial charge >= 0.3 is 7.12 Å². The van der Waals surface area contributed by atoms with E-state index in [0.29, 0.717) is 10.9 Å². The lowest BCUT2D eigenvalue weighted by Gasteiger charge is -2.38. The Hall–Kier alpha value is -0.425. The molecule has 3 nitrogen and oxygen atoms in total. The highest BCUT2D eigenvalue weighted by Crippen LogP contribution is 2.25. The highest BCUT2D eigenvalue weighted by Gasteiger charge is 2.40. The van der Waals surface area contributed by atoms with E-state index in [-0.39, 0.29) is 5.46 Å². The second-order valence-corrected chi connectivity index (χ2v) is 6.05. The second-order valence-electron chi connectivity index (χ2n) is 5.49. The van der Waals surface area contributed by atoms with Gasteiger partial charge < -0.3 is 14.8 Å². The van der Waals surface area contributed by atoms with Crippen LogP contribution in [-0.2, 0) is 9.98 Å². The van der Waals surface area contributed by atoms with E-state index >= 15 is 0 Å². The molecule has 0 aliphatic heterocycles. The molecule has 1 aromatic carbocycles. The molecule has 106 valence electrons. The van der Waals surface area contributed by atoms with Crippen molar-refractivity contribution < 1.29 is 19.2 Å². The van der Waals surface area contributed by atoms with Crippen molar-refractivity contribution in [3.63, 3.8) is 0 Å². The molecule has 2 N–H and O–H groups in total. The van der Waals surface area contributed by atoms with E-state index in [1.165, 1.54) is 6.07 Å². The maximum absolute atomic E-state index is 14.1. The van der Waals surface area contributed by atoms with Gasteiger partial charge in [-0.3, -0.25) is 0 Å². The average Bonchev–Trinajstić information content (AvgIpc) is 2.27. The van der Waals surface area contributed by atoms with Crippen molar-refractivity contribution >= 4 is 28.5 Å². The molecular formula is C13H19BBrFO3. The molecule has 19 heavy (non-hydrogen) atoms. The zero-order valence-corrected chi connectivity index (χ0v) is 13.2. The maximum atomic E-state index is 14.1. The highest BCUT2D eigenvalue weighted by molar-refractivity contribution is 9.08. The summed E-state index contributed by atoms with van der Waals surface area (Å²) in [5.74, 6) is -0.501. The van der Waals surface area contributed by atoms with E-state index in [1.54, 1.807) is 39.8 Å². The van der Waals surface area contributed by atoms with Crippen LogP contribution in [0.3, 0.4) is 0 Å². The summed E-state index contributed by atoms with van der Waals surface area (Å²) < 4.78 is 19.5. The zero-order valence-electron chi connectivity index (χ0n) is 11.6. The van der Waals surface area contributed by atoms with Gasteiger partial charge in [0.2, 0.25) is 0 Å². The smallest absolute Gasteiger partial charge is 0.423 e. The summed E-state index contributed by atoms with van der Waals surface area (Å²) in [4.78, 5) is 0. The SMILES string of the molecule is CC(C)(O)C(C)(C)OB(O)c1cccc(CBr)c1F. The van der Waals surface area contributed by atoms with Gasteiger partial charge in [0.25, 0.3) is 0 Å². The number of aliphatic hydroxyl groups is 1. The van der Waals surface area contributed by atoms with Crippen molar-refractivity contribution in [3.8, 4) is 0 Å². The van der Waals surface area contributed by atoms with Crippen molar-refractivity contribution in [1.82, 2.24) is 0 Å². The Morgan fingerprint density at radius 2 is 1.89 bits per heavy atom. The lowest BCUT2D eigenvalue weighted by atomic mass is 9.75. The van der Waals surface area contributed by atoms with Crippen LogP contribution in [0.15, 0.2) is 18.2 Å². The largest absolute Gasteiger partial charge is 0.494 e. The van der Waals surface area contributed by atoms with Gasteiger partial charge in [-0.05, 0) is 33.3 Å². The van der Waals surface area contributed by atoms with Crippen LogP contribution in [-0.4, -0.2) is 28.5 Å². The van der Waals surface area contributed by atoms with Crippen LogP contribution in [0, 0.1) is 5.82 Å². The summed E-state index contributed by atoms with van der Waals surface area (Å²) in [5.41, 5.74) is -1.68. The topological polar surface area (TPSA) is 49.7 Å². The van der Waals surface area contributed by atoms with E-state index in [9.17, 15) is 14.5 Å². The maximum Gasteiger partial charge on any atom is 0.494 e. The molecule has 0 saturated heterocycles. The van der Waals surface area contributed by atoms with Crippen molar-refractivity contribution in [2.24, 2.45) is 0 Å². The Kier molecular flexibility index (Phi) is 5.18. The van der Waals surface area contributed by atoms with E-state index in [4.69, 9.17) is 4.65 Å². The first-order chi connectivity index (χ1) is 8.60. The second kappa shape index (κ2) is 5.91. The Bertz CT molecular complexity index is 446. The fraction of sp³-hybridized carbons (Fsp3) is 0.538. The van der Waals surface area contributed by atoms with Gasteiger partial charge in [-0.1, -0.05) is 34.1 Å². The van der Waals surface area contributed by atoms with Crippen molar-refractivity contribution in [2.45, 2.75) is 44.2 Å². The molecule has 0 radical (unpaired) electrons. The summed E-state index contributed by atoms with van der Waals surface area (Å²) in [6, 6.07) is 4.74. The van der Waals surface area contributed by atoms with Crippen LogP contribution in [0.4, 0.5) is 4.39 Å². The van der Waals surface area contributed by atoms with Crippen LogP contribution < -0.4 is 5.46 Å². The minimum absolute atomic E-state index is 0.0641. The van der Waals surface area contributed by atoms with Gasteiger partial charge in [0.05, 0.1) is 11.2 Å².